The first-order valence-corrected chi connectivity index (χ1v) is 7.83. The highest BCUT2D eigenvalue weighted by Crippen LogP contribution is 2.19. The molecule has 0 saturated heterocycles. The SMILES string of the molecule is CC(Cc1cccc(F)c1)NCCOC1CCCCC1. The van der Waals surface area contributed by atoms with E-state index in [2.05, 4.69) is 12.2 Å². The van der Waals surface area contributed by atoms with E-state index in [1.165, 1.54) is 38.2 Å². The van der Waals surface area contributed by atoms with Crippen molar-refractivity contribution in [2.45, 2.75) is 57.6 Å². The molecule has 0 heterocycles. The van der Waals surface area contributed by atoms with Crippen molar-refractivity contribution in [3.8, 4) is 0 Å². The highest BCUT2D eigenvalue weighted by atomic mass is 19.1. The van der Waals surface area contributed by atoms with Gasteiger partial charge in [-0.3, -0.25) is 0 Å². The van der Waals surface area contributed by atoms with E-state index in [1.54, 1.807) is 12.1 Å². The van der Waals surface area contributed by atoms with Gasteiger partial charge in [-0.15, -0.1) is 0 Å². The van der Waals surface area contributed by atoms with E-state index in [4.69, 9.17) is 4.74 Å². The van der Waals surface area contributed by atoms with Gasteiger partial charge in [0.2, 0.25) is 0 Å². The van der Waals surface area contributed by atoms with E-state index in [0.29, 0.717) is 12.1 Å². The van der Waals surface area contributed by atoms with Crippen molar-refractivity contribution in [3.05, 3.63) is 35.6 Å². The van der Waals surface area contributed by atoms with Crippen LogP contribution in [0.15, 0.2) is 24.3 Å². The molecule has 0 aromatic heterocycles. The first kappa shape index (κ1) is 15.5. The van der Waals surface area contributed by atoms with Crippen LogP contribution in [0.5, 0.6) is 0 Å². The predicted molar refractivity (Wildman–Crippen MR) is 80.4 cm³/mol. The van der Waals surface area contributed by atoms with Crippen molar-refractivity contribution in [2.24, 2.45) is 0 Å². The lowest BCUT2D eigenvalue weighted by Crippen LogP contribution is -2.32. The number of halogens is 1. The smallest absolute Gasteiger partial charge is 0.123 e. The molecule has 20 heavy (non-hydrogen) atoms. The molecule has 1 atom stereocenters. The largest absolute Gasteiger partial charge is 0.377 e. The Morgan fingerprint density at radius 1 is 1.30 bits per heavy atom. The Balaban J connectivity index is 1.59. The molecule has 2 nitrogen and oxygen atoms in total. The van der Waals surface area contributed by atoms with Gasteiger partial charge < -0.3 is 10.1 Å². The molecule has 1 aromatic carbocycles. The van der Waals surface area contributed by atoms with Crippen molar-refractivity contribution >= 4 is 0 Å². The maximum absolute atomic E-state index is 13.1. The molecule has 1 unspecified atom stereocenters. The van der Waals surface area contributed by atoms with Crippen molar-refractivity contribution < 1.29 is 9.13 Å². The van der Waals surface area contributed by atoms with Crippen LogP contribution >= 0.6 is 0 Å². The van der Waals surface area contributed by atoms with E-state index in [1.807, 2.05) is 6.07 Å². The highest BCUT2D eigenvalue weighted by molar-refractivity contribution is 5.17. The van der Waals surface area contributed by atoms with Crippen molar-refractivity contribution in [3.63, 3.8) is 0 Å². The fourth-order valence-electron chi connectivity index (χ4n) is 2.85. The third kappa shape index (κ3) is 5.59. The van der Waals surface area contributed by atoms with Gasteiger partial charge in [0.25, 0.3) is 0 Å². The van der Waals surface area contributed by atoms with Gasteiger partial charge in [0.1, 0.15) is 5.82 Å². The Kier molecular flexibility index (Phi) is 6.48. The van der Waals surface area contributed by atoms with E-state index in [-0.39, 0.29) is 5.82 Å². The molecular formula is C17H26FNO. The molecule has 1 aliphatic rings. The summed E-state index contributed by atoms with van der Waals surface area (Å²) in [6.07, 6.45) is 7.76. The minimum absolute atomic E-state index is 0.157. The quantitative estimate of drug-likeness (QED) is 0.769. The standard InChI is InChI=1S/C17H26FNO/c1-14(12-15-6-5-7-16(18)13-15)19-10-11-20-17-8-3-2-4-9-17/h5-7,13-14,17,19H,2-4,8-12H2,1H3. The zero-order valence-corrected chi connectivity index (χ0v) is 12.4. The molecule has 0 amide bonds. The molecule has 1 aromatic rings. The average Bonchev–Trinajstić information content (AvgIpc) is 2.45. The number of benzene rings is 1. The van der Waals surface area contributed by atoms with Gasteiger partial charge in [-0.1, -0.05) is 31.4 Å². The fraction of sp³-hybridized carbons (Fsp3) is 0.647. The van der Waals surface area contributed by atoms with Gasteiger partial charge in [0.15, 0.2) is 0 Å². The molecule has 0 spiro atoms. The Morgan fingerprint density at radius 2 is 2.10 bits per heavy atom. The Hall–Kier alpha value is -0.930. The molecule has 0 bridgehead atoms. The summed E-state index contributed by atoms with van der Waals surface area (Å²) in [6, 6.07) is 7.17. The summed E-state index contributed by atoms with van der Waals surface area (Å²) in [4.78, 5) is 0. The molecule has 112 valence electrons. The molecule has 2 rings (SSSR count). The summed E-state index contributed by atoms with van der Waals surface area (Å²) in [6.45, 7) is 3.77. The summed E-state index contributed by atoms with van der Waals surface area (Å²) in [5.41, 5.74) is 1.04. The second-order valence-electron chi connectivity index (χ2n) is 5.82. The van der Waals surface area contributed by atoms with Gasteiger partial charge >= 0.3 is 0 Å². The summed E-state index contributed by atoms with van der Waals surface area (Å²) >= 11 is 0. The van der Waals surface area contributed by atoms with Crippen molar-refractivity contribution in [1.29, 1.82) is 0 Å². The summed E-state index contributed by atoms with van der Waals surface area (Å²) in [7, 11) is 0. The minimum atomic E-state index is -0.157. The topological polar surface area (TPSA) is 21.3 Å². The van der Waals surface area contributed by atoms with E-state index in [9.17, 15) is 4.39 Å². The van der Waals surface area contributed by atoms with Crippen LogP contribution in [0, 0.1) is 5.82 Å². The van der Waals surface area contributed by atoms with Gasteiger partial charge in [-0.2, -0.15) is 0 Å². The molecule has 1 N–H and O–H groups in total. The fourth-order valence-corrected chi connectivity index (χ4v) is 2.85. The zero-order valence-electron chi connectivity index (χ0n) is 12.4. The van der Waals surface area contributed by atoms with Gasteiger partial charge in [0.05, 0.1) is 12.7 Å². The minimum Gasteiger partial charge on any atom is -0.377 e. The van der Waals surface area contributed by atoms with Crippen LogP contribution in [0.4, 0.5) is 4.39 Å². The molecule has 1 saturated carbocycles. The third-order valence-corrected chi connectivity index (χ3v) is 3.93. The molecular weight excluding hydrogens is 253 g/mol. The average molecular weight is 279 g/mol. The maximum Gasteiger partial charge on any atom is 0.123 e. The number of ether oxygens (including phenoxy) is 1. The predicted octanol–water partition coefficient (Wildman–Crippen LogP) is 3.70. The Labute approximate surface area is 121 Å². The van der Waals surface area contributed by atoms with E-state index in [0.717, 1.165) is 25.1 Å². The van der Waals surface area contributed by atoms with E-state index >= 15 is 0 Å². The first-order chi connectivity index (χ1) is 9.74. The Bertz CT molecular complexity index is 390. The van der Waals surface area contributed by atoms with Crippen LogP contribution < -0.4 is 5.32 Å². The normalized spacial score (nSPS) is 18.1. The van der Waals surface area contributed by atoms with E-state index < -0.39 is 0 Å². The van der Waals surface area contributed by atoms with Crippen molar-refractivity contribution in [1.82, 2.24) is 5.32 Å². The molecule has 1 fully saturated rings. The number of hydrogen-bond donors (Lipinski definition) is 1. The lowest BCUT2D eigenvalue weighted by molar-refractivity contribution is 0.0295. The Morgan fingerprint density at radius 3 is 2.85 bits per heavy atom. The van der Waals surface area contributed by atoms with Crippen LogP contribution in [0.1, 0.15) is 44.6 Å². The number of hydrogen-bond acceptors (Lipinski definition) is 2. The number of rotatable bonds is 7. The van der Waals surface area contributed by atoms with Crippen LogP contribution in [0.25, 0.3) is 0 Å². The molecule has 1 aliphatic carbocycles. The monoisotopic (exact) mass is 279 g/mol. The molecule has 0 radical (unpaired) electrons. The number of nitrogens with one attached hydrogen (secondary N) is 1. The van der Waals surface area contributed by atoms with Gasteiger partial charge in [0, 0.05) is 12.6 Å². The zero-order chi connectivity index (χ0) is 14.2. The summed E-state index contributed by atoms with van der Waals surface area (Å²) < 4.78 is 19.0. The lowest BCUT2D eigenvalue weighted by Gasteiger charge is -2.22. The third-order valence-electron chi connectivity index (χ3n) is 3.93. The van der Waals surface area contributed by atoms with Crippen LogP contribution in [0.2, 0.25) is 0 Å². The van der Waals surface area contributed by atoms with Gasteiger partial charge in [-0.05, 0) is 43.9 Å². The summed E-state index contributed by atoms with van der Waals surface area (Å²) in [5.74, 6) is -0.157. The van der Waals surface area contributed by atoms with Crippen LogP contribution in [0.3, 0.4) is 0 Å². The van der Waals surface area contributed by atoms with Gasteiger partial charge in [-0.25, -0.2) is 4.39 Å². The molecule has 0 aliphatic heterocycles. The lowest BCUT2D eigenvalue weighted by atomic mass is 9.98. The summed E-state index contributed by atoms with van der Waals surface area (Å²) in [5, 5.41) is 3.44. The second-order valence-corrected chi connectivity index (χ2v) is 5.82. The van der Waals surface area contributed by atoms with Crippen LogP contribution in [-0.4, -0.2) is 25.3 Å². The van der Waals surface area contributed by atoms with Crippen LogP contribution in [-0.2, 0) is 11.2 Å². The maximum atomic E-state index is 13.1. The first-order valence-electron chi connectivity index (χ1n) is 7.83. The molecule has 3 heteroatoms. The highest BCUT2D eigenvalue weighted by Gasteiger charge is 2.13. The second kappa shape index (κ2) is 8.38. The van der Waals surface area contributed by atoms with Crippen molar-refractivity contribution in [2.75, 3.05) is 13.2 Å².